The maximum absolute atomic E-state index is 10.0. The Morgan fingerprint density at radius 2 is 2.18 bits per heavy atom. The van der Waals surface area contributed by atoms with E-state index in [9.17, 15) is 10.2 Å². The lowest BCUT2D eigenvalue weighted by molar-refractivity contribution is -0.0511. The maximum atomic E-state index is 10.0. The molecule has 4 atom stereocenters. The second kappa shape index (κ2) is 5.36. The Kier molecular flexibility index (Phi) is 3.52. The normalized spacial score (nSPS) is 28.0. The van der Waals surface area contributed by atoms with E-state index in [1.807, 2.05) is 0 Å². The van der Waals surface area contributed by atoms with Crippen molar-refractivity contribution in [1.29, 1.82) is 0 Å². The summed E-state index contributed by atoms with van der Waals surface area (Å²) in [6.07, 6.45) is -3.22. The molecule has 3 heterocycles. The Morgan fingerprint density at radius 1 is 1.41 bits per heavy atom. The first-order valence-corrected chi connectivity index (χ1v) is 6.24. The van der Waals surface area contributed by atoms with Crippen LogP contribution >= 0.6 is 0 Å². The monoisotopic (exact) mass is 308 g/mol. The molecule has 0 aromatic carbocycles. The minimum absolute atomic E-state index is 0.00195. The highest BCUT2D eigenvalue weighted by Gasteiger charge is 2.44. The van der Waals surface area contributed by atoms with Crippen LogP contribution in [0, 0.1) is 0 Å². The number of aliphatic hydroxyl groups excluding tert-OH is 3. The summed E-state index contributed by atoms with van der Waals surface area (Å²) in [6.45, 7) is -0.456. The van der Waals surface area contributed by atoms with Crippen molar-refractivity contribution in [2.75, 3.05) is 12.3 Å². The Hall–Kier alpha value is -2.50. The van der Waals surface area contributed by atoms with Crippen molar-refractivity contribution >= 4 is 22.9 Å². The van der Waals surface area contributed by atoms with Crippen molar-refractivity contribution < 1.29 is 20.1 Å². The third-order valence-corrected chi connectivity index (χ3v) is 3.36. The van der Waals surface area contributed by atoms with Crippen LogP contribution < -0.4 is 5.73 Å². The molecular weight excluding hydrogens is 296 g/mol. The molecule has 0 saturated carbocycles. The van der Waals surface area contributed by atoms with Crippen LogP contribution in [0.15, 0.2) is 11.4 Å². The molecule has 0 bridgehead atoms. The predicted molar refractivity (Wildman–Crippen MR) is 71.6 cm³/mol. The van der Waals surface area contributed by atoms with E-state index in [2.05, 4.69) is 25.0 Å². The van der Waals surface area contributed by atoms with Gasteiger partial charge in [0.15, 0.2) is 17.7 Å². The van der Waals surface area contributed by atoms with Crippen LogP contribution in [-0.4, -0.2) is 59.8 Å². The zero-order chi connectivity index (χ0) is 15.9. The molecule has 22 heavy (non-hydrogen) atoms. The molecule has 12 heteroatoms. The second-order valence-electron chi connectivity index (χ2n) is 4.65. The Balaban J connectivity index is 2.10. The summed E-state index contributed by atoms with van der Waals surface area (Å²) in [5.74, 6) is -0.209. The van der Waals surface area contributed by atoms with Crippen LogP contribution in [-0.2, 0) is 4.74 Å². The van der Waals surface area contributed by atoms with E-state index >= 15 is 0 Å². The van der Waals surface area contributed by atoms with Gasteiger partial charge in [-0.1, -0.05) is 0 Å². The van der Waals surface area contributed by atoms with Crippen molar-refractivity contribution in [3.05, 3.63) is 16.8 Å². The van der Waals surface area contributed by atoms with Gasteiger partial charge >= 0.3 is 0 Å². The molecule has 1 saturated heterocycles. The minimum atomic E-state index is -1.30. The average Bonchev–Trinajstić information content (AvgIpc) is 3.03. The van der Waals surface area contributed by atoms with E-state index in [0.717, 1.165) is 0 Å². The fourth-order valence-electron chi connectivity index (χ4n) is 2.31. The summed E-state index contributed by atoms with van der Waals surface area (Å²) in [4.78, 5) is 14.4. The van der Waals surface area contributed by atoms with Crippen LogP contribution in [0.2, 0.25) is 0 Å². The molecule has 5 N–H and O–H groups in total. The molecule has 1 unspecified atom stereocenters. The quantitative estimate of drug-likeness (QED) is 0.314. The summed E-state index contributed by atoms with van der Waals surface area (Å²) in [5, 5.41) is 32.2. The fourth-order valence-corrected chi connectivity index (χ4v) is 2.31. The first-order valence-electron chi connectivity index (χ1n) is 6.24. The van der Waals surface area contributed by atoms with Crippen molar-refractivity contribution in [1.82, 2.24) is 19.5 Å². The van der Waals surface area contributed by atoms with E-state index in [-0.39, 0.29) is 22.9 Å². The number of aromatic nitrogens is 4. The smallest absolute Gasteiger partial charge is 0.220 e. The van der Waals surface area contributed by atoms with Crippen LogP contribution in [0.1, 0.15) is 6.23 Å². The second-order valence-corrected chi connectivity index (χ2v) is 4.65. The topological polar surface area (TPSA) is 188 Å². The zero-order valence-electron chi connectivity index (χ0n) is 11.1. The summed E-state index contributed by atoms with van der Waals surface area (Å²) < 4.78 is 6.72. The average molecular weight is 308 g/mol. The van der Waals surface area contributed by atoms with Gasteiger partial charge in [-0.05, 0) is 10.6 Å². The number of hydrogen-bond acceptors (Lipinski definition) is 9. The van der Waals surface area contributed by atoms with Crippen molar-refractivity contribution in [3.8, 4) is 0 Å². The molecule has 0 radical (unpaired) electrons. The van der Waals surface area contributed by atoms with E-state index in [0.29, 0.717) is 0 Å². The number of ether oxygens (including phenoxy) is 1. The van der Waals surface area contributed by atoms with Gasteiger partial charge in [-0.3, -0.25) is 4.57 Å². The molecule has 2 aromatic rings. The largest absolute Gasteiger partial charge is 0.394 e. The molecule has 1 aliphatic rings. The fraction of sp³-hybridized carbons (Fsp3) is 0.500. The van der Waals surface area contributed by atoms with E-state index < -0.39 is 31.1 Å². The van der Waals surface area contributed by atoms with Gasteiger partial charge in [-0.2, -0.15) is 0 Å². The number of fused-ring (bicyclic) bond motifs is 1. The predicted octanol–water partition coefficient (Wildman–Crippen LogP) is -1.04. The number of anilines is 1. The molecule has 116 valence electrons. The van der Waals surface area contributed by atoms with Crippen LogP contribution in [0.25, 0.3) is 21.6 Å². The third-order valence-electron chi connectivity index (χ3n) is 3.36. The van der Waals surface area contributed by atoms with Crippen molar-refractivity contribution in [3.63, 3.8) is 0 Å². The Bertz CT molecular complexity index is 757. The summed E-state index contributed by atoms with van der Waals surface area (Å²) in [6, 6.07) is 0. The SMILES string of the molecule is [N-]=[N+]=Nc1nc(N)c2ncn([C@@H]3O[C@H](CO)C(O)[C@@H]3O)c2n1. The molecule has 0 spiro atoms. The van der Waals surface area contributed by atoms with Gasteiger partial charge in [0.2, 0.25) is 5.95 Å². The number of nitrogen functional groups attached to an aromatic ring is 1. The summed E-state index contributed by atoms with van der Waals surface area (Å²) in [7, 11) is 0. The number of imidazole rings is 1. The molecule has 2 aromatic heterocycles. The van der Waals surface area contributed by atoms with Crippen molar-refractivity contribution in [2.45, 2.75) is 24.5 Å². The van der Waals surface area contributed by atoms with Gasteiger partial charge in [0.05, 0.1) is 12.9 Å². The number of aliphatic hydroxyl groups is 3. The third kappa shape index (κ3) is 2.11. The number of rotatable bonds is 3. The van der Waals surface area contributed by atoms with Crippen LogP contribution in [0.5, 0.6) is 0 Å². The highest BCUT2D eigenvalue weighted by Crippen LogP contribution is 2.32. The van der Waals surface area contributed by atoms with Gasteiger partial charge < -0.3 is 25.8 Å². The minimum Gasteiger partial charge on any atom is -0.394 e. The van der Waals surface area contributed by atoms with Gasteiger partial charge in [-0.25, -0.2) is 15.0 Å². The van der Waals surface area contributed by atoms with Gasteiger partial charge in [0.25, 0.3) is 0 Å². The number of nitrogens with two attached hydrogens (primary N) is 1. The first kappa shape index (κ1) is 14.4. The molecule has 1 aliphatic heterocycles. The molecule has 3 rings (SSSR count). The molecule has 0 aliphatic carbocycles. The zero-order valence-corrected chi connectivity index (χ0v) is 11.1. The number of hydrogen-bond donors (Lipinski definition) is 4. The van der Waals surface area contributed by atoms with Crippen molar-refractivity contribution in [2.24, 2.45) is 5.11 Å². The van der Waals surface area contributed by atoms with Crippen LogP contribution in [0.3, 0.4) is 0 Å². The lowest BCUT2D eigenvalue weighted by Gasteiger charge is -2.16. The van der Waals surface area contributed by atoms with E-state index in [4.69, 9.17) is 21.1 Å². The lowest BCUT2D eigenvalue weighted by Crippen LogP contribution is -2.33. The van der Waals surface area contributed by atoms with Crippen LogP contribution in [0.4, 0.5) is 11.8 Å². The van der Waals surface area contributed by atoms with Gasteiger partial charge in [-0.15, -0.1) is 0 Å². The van der Waals surface area contributed by atoms with E-state index in [1.54, 1.807) is 0 Å². The summed E-state index contributed by atoms with van der Waals surface area (Å²) >= 11 is 0. The molecule has 0 amide bonds. The first-order chi connectivity index (χ1) is 10.6. The molecular formula is C10H12N8O4. The highest BCUT2D eigenvalue weighted by molar-refractivity contribution is 5.82. The highest BCUT2D eigenvalue weighted by atomic mass is 16.6. The lowest BCUT2D eigenvalue weighted by atomic mass is 10.1. The number of nitrogens with zero attached hydrogens (tertiary/aromatic N) is 7. The maximum Gasteiger partial charge on any atom is 0.220 e. The Morgan fingerprint density at radius 3 is 2.82 bits per heavy atom. The van der Waals surface area contributed by atoms with Gasteiger partial charge in [0, 0.05) is 4.91 Å². The standard InChI is InChI=1S/C10H12N8O4/c11-7-4-8(15-10(14-7)16-17-12)18(2-13-4)9-6(21)5(20)3(1-19)22-9/h2-3,5-6,9,19-21H,1H2,(H2,11,14,15)/t3-,5?,6+,9-/m1/s1. The summed E-state index contributed by atoms with van der Waals surface area (Å²) in [5.41, 5.74) is 14.6. The Labute approximate surface area is 122 Å². The van der Waals surface area contributed by atoms with Gasteiger partial charge in [0.1, 0.15) is 23.8 Å². The van der Waals surface area contributed by atoms with E-state index in [1.165, 1.54) is 10.9 Å². The number of azide groups is 1. The molecule has 1 fully saturated rings. The molecule has 12 nitrogen and oxygen atoms in total.